The van der Waals surface area contributed by atoms with E-state index in [1.54, 1.807) is 6.26 Å². The molecule has 1 amide bonds. The Hall–Kier alpha value is -1.76. The van der Waals surface area contributed by atoms with Crippen LogP contribution < -0.4 is 10.6 Å². The fourth-order valence-corrected chi connectivity index (χ4v) is 4.56. The van der Waals surface area contributed by atoms with Gasteiger partial charge in [-0.05, 0) is 74.8 Å². The molecule has 1 unspecified atom stereocenters. The van der Waals surface area contributed by atoms with Crippen molar-refractivity contribution in [2.24, 2.45) is 5.92 Å². The van der Waals surface area contributed by atoms with E-state index in [1.165, 1.54) is 12.0 Å². The lowest BCUT2D eigenvalue weighted by molar-refractivity contribution is 0.0620. The van der Waals surface area contributed by atoms with Gasteiger partial charge in [0.25, 0.3) is 5.91 Å². The van der Waals surface area contributed by atoms with Crippen molar-refractivity contribution in [1.29, 1.82) is 0 Å². The Morgan fingerprint density at radius 1 is 1.28 bits per heavy atom. The first-order valence-corrected chi connectivity index (χ1v) is 11.4. The number of fused-ring (bicyclic) bond motifs is 1. The molecule has 6 nitrogen and oxygen atoms in total. The Kier molecular flexibility index (Phi) is 10.3. The molecular formula is C24H36Cl2N4O2. The van der Waals surface area contributed by atoms with E-state index in [0.717, 1.165) is 63.2 Å². The topological polar surface area (TPSA) is 70.4 Å². The number of nitrogens with one attached hydrogen (secondary N) is 2. The average molecular weight is 483 g/mol. The zero-order valence-electron chi connectivity index (χ0n) is 19.1. The highest BCUT2D eigenvalue weighted by Gasteiger charge is 2.29. The first-order valence-electron chi connectivity index (χ1n) is 11.4. The number of pyridine rings is 1. The second-order valence-corrected chi connectivity index (χ2v) is 8.98. The molecule has 2 aromatic rings. The summed E-state index contributed by atoms with van der Waals surface area (Å²) in [4.78, 5) is 20.9. The van der Waals surface area contributed by atoms with Gasteiger partial charge >= 0.3 is 0 Å². The van der Waals surface area contributed by atoms with Crippen LogP contribution in [0.25, 0.3) is 0 Å². The standard InChI is InChI=1S/C24H34N4O2.2ClH/c1-17(2)16-28(19-8-5-11-25-14-19)24(29)21-13-18-7-3-4-10-22(18)27-23(21)26-15-20-9-6-12-30-20;;/h6,9,12-13,17,19,25H,3-5,7-8,10-11,14-16H2,1-2H3,(H,26,27);2*1H. The highest BCUT2D eigenvalue weighted by molar-refractivity contribution is 5.99. The SMILES string of the molecule is CC(C)CN(C(=O)c1cc2c(nc1NCc1ccco1)CCCC2)C1CCCNC1.Cl.Cl. The number of amides is 1. The van der Waals surface area contributed by atoms with Gasteiger partial charge < -0.3 is 20.0 Å². The molecule has 1 saturated heterocycles. The fraction of sp³-hybridized carbons (Fsp3) is 0.583. The number of aryl methyl sites for hydroxylation is 2. The summed E-state index contributed by atoms with van der Waals surface area (Å²) in [5, 5.41) is 6.86. The van der Waals surface area contributed by atoms with E-state index >= 15 is 0 Å². The Morgan fingerprint density at radius 2 is 2.09 bits per heavy atom. The van der Waals surface area contributed by atoms with Gasteiger partial charge in [0.15, 0.2) is 0 Å². The highest BCUT2D eigenvalue weighted by atomic mass is 35.5. The maximum Gasteiger partial charge on any atom is 0.257 e. The zero-order chi connectivity index (χ0) is 20.9. The predicted molar refractivity (Wildman–Crippen MR) is 133 cm³/mol. The monoisotopic (exact) mass is 482 g/mol. The number of anilines is 1. The van der Waals surface area contributed by atoms with Gasteiger partial charge in [-0.1, -0.05) is 13.8 Å². The number of aromatic nitrogens is 1. The van der Waals surface area contributed by atoms with Crippen LogP contribution >= 0.6 is 24.8 Å². The van der Waals surface area contributed by atoms with Crippen LogP contribution in [-0.4, -0.2) is 41.5 Å². The summed E-state index contributed by atoms with van der Waals surface area (Å²) in [5.41, 5.74) is 3.07. The Balaban J connectivity index is 0.00000181. The maximum absolute atomic E-state index is 13.8. The van der Waals surface area contributed by atoms with Gasteiger partial charge in [-0.15, -0.1) is 24.8 Å². The maximum atomic E-state index is 13.8. The molecule has 1 aliphatic heterocycles. The number of hydrogen-bond donors (Lipinski definition) is 2. The molecule has 4 rings (SSSR count). The molecule has 8 heteroatoms. The molecular weight excluding hydrogens is 447 g/mol. The molecule has 0 radical (unpaired) electrons. The molecule has 2 aliphatic rings. The number of hydrogen-bond acceptors (Lipinski definition) is 5. The van der Waals surface area contributed by atoms with Crippen molar-refractivity contribution in [2.45, 2.75) is 65.0 Å². The molecule has 0 bridgehead atoms. The van der Waals surface area contributed by atoms with E-state index in [9.17, 15) is 4.79 Å². The summed E-state index contributed by atoms with van der Waals surface area (Å²) in [6.45, 7) is 7.55. The van der Waals surface area contributed by atoms with Gasteiger partial charge in [0.05, 0.1) is 18.4 Å². The van der Waals surface area contributed by atoms with Crippen LogP contribution in [0.1, 0.15) is 66.9 Å². The van der Waals surface area contributed by atoms with Crippen LogP contribution in [0.4, 0.5) is 5.82 Å². The number of rotatable bonds is 7. The minimum atomic E-state index is 0. The molecule has 1 atom stereocenters. The average Bonchev–Trinajstić information content (AvgIpc) is 3.29. The second-order valence-electron chi connectivity index (χ2n) is 8.98. The first-order chi connectivity index (χ1) is 14.6. The number of carbonyl (C=O) groups excluding carboxylic acids is 1. The smallest absolute Gasteiger partial charge is 0.257 e. The van der Waals surface area contributed by atoms with Gasteiger partial charge in [-0.25, -0.2) is 4.98 Å². The third-order valence-electron chi connectivity index (χ3n) is 6.08. The second kappa shape index (κ2) is 12.5. The minimum absolute atomic E-state index is 0. The quantitative estimate of drug-likeness (QED) is 0.589. The molecule has 0 spiro atoms. The normalized spacial score (nSPS) is 17.7. The lowest BCUT2D eigenvalue weighted by Crippen LogP contribution is -2.50. The Bertz CT molecular complexity index is 852. The van der Waals surface area contributed by atoms with E-state index in [2.05, 4.69) is 35.4 Å². The molecule has 32 heavy (non-hydrogen) atoms. The van der Waals surface area contributed by atoms with Crippen LogP contribution in [0.2, 0.25) is 0 Å². The van der Waals surface area contributed by atoms with E-state index in [-0.39, 0.29) is 36.8 Å². The van der Waals surface area contributed by atoms with Crippen molar-refractivity contribution < 1.29 is 9.21 Å². The zero-order valence-corrected chi connectivity index (χ0v) is 20.7. The third kappa shape index (κ3) is 6.40. The van der Waals surface area contributed by atoms with Crippen LogP contribution in [0.15, 0.2) is 28.9 Å². The highest BCUT2D eigenvalue weighted by Crippen LogP contribution is 2.27. The van der Waals surface area contributed by atoms with E-state index in [4.69, 9.17) is 9.40 Å². The van der Waals surface area contributed by atoms with Crippen LogP contribution in [0.3, 0.4) is 0 Å². The van der Waals surface area contributed by atoms with Crippen molar-refractivity contribution in [3.63, 3.8) is 0 Å². The Morgan fingerprint density at radius 3 is 2.78 bits per heavy atom. The summed E-state index contributed by atoms with van der Waals surface area (Å²) in [5.74, 6) is 2.04. The lowest BCUT2D eigenvalue weighted by atomic mass is 9.94. The van der Waals surface area contributed by atoms with Crippen molar-refractivity contribution >= 4 is 36.5 Å². The first kappa shape index (κ1) is 26.5. The molecule has 1 fully saturated rings. The summed E-state index contributed by atoms with van der Waals surface area (Å²) in [7, 11) is 0. The van der Waals surface area contributed by atoms with Gasteiger partial charge in [-0.2, -0.15) is 0 Å². The van der Waals surface area contributed by atoms with Crippen LogP contribution in [0, 0.1) is 5.92 Å². The van der Waals surface area contributed by atoms with E-state index in [0.29, 0.717) is 23.8 Å². The van der Waals surface area contributed by atoms with E-state index < -0.39 is 0 Å². The summed E-state index contributed by atoms with van der Waals surface area (Å²) >= 11 is 0. The summed E-state index contributed by atoms with van der Waals surface area (Å²) in [6, 6.07) is 6.16. The summed E-state index contributed by atoms with van der Waals surface area (Å²) in [6.07, 6.45) is 8.17. The van der Waals surface area contributed by atoms with E-state index in [1.807, 2.05) is 12.1 Å². The van der Waals surface area contributed by atoms with Gasteiger partial charge in [-0.3, -0.25) is 4.79 Å². The molecule has 3 heterocycles. The molecule has 178 valence electrons. The van der Waals surface area contributed by atoms with Crippen LogP contribution in [-0.2, 0) is 19.4 Å². The molecule has 0 aromatic carbocycles. The third-order valence-corrected chi connectivity index (χ3v) is 6.08. The number of piperidine rings is 1. The van der Waals surface area contributed by atoms with Crippen molar-refractivity contribution in [3.05, 3.63) is 47.0 Å². The number of nitrogens with zero attached hydrogens (tertiary/aromatic N) is 2. The van der Waals surface area contributed by atoms with Gasteiger partial charge in [0.2, 0.25) is 0 Å². The predicted octanol–water partition coefficient (Wildman–Crippen LogP) is 4.86. The van der Waals surface area contributed by atoms with Crippen molar-refractivity contribution in [3.8, 4) is 0 Å². The van der Waals surface area contributed by atoms with Gasteiger partial charge in [0, 0.05) is 24.8 Å². The molecule has 2 N–H and O–H groups in total. The molecule has 1 aliphatic carbocycles. The largest absolute Gasteiger partial charge is 0.467 e. The number of carbonyl (C=O) groups is 1. The lowest BCUT2D eigenvalue weighted by Gasteiger charge is -2.36. The Labute approximate surface area is 203 Å². The minimum Gasteiger partial charge on any atom is -0.467 e. The number of furan rings is 1. The fourth-order valence-electron chi connectivity index (χ4n) is 4.56. The summed E-state index contributed by atoms with van der Waals surface area (Å²) < 4.78 is 5.47. The molecule has 0 saturated carbocycles. The van der Waals surface area contributed by atoms with Crippen LogP contribution in [0.5, 0.6) is 0 Å². The van der Waals surface area contributed by atoms with Crippen molar-refractivity contribution in [2.75, 3.05) is 25.0 Å². The van der Waals surface area contributed by atoms with Gasteiger partial charge in [0.1, 0.15) is 11.6 Å². The van der Waals surface area contributed by atoms with Crippen molar-refractivity contribution in [1.82, 2.24) is 15.2 Å². The molecule has 2 aromatic heterocycles. The number of halogens is 2.